The molecule has 32 heavy (non-hydrogen) atoms. The summed E-state index contributed by atoms with van der Waals surface area (Å²) in [7, 11) is 4.63. The van der Waals surface area contributed by atoms with Gasteiger partial charge in [0.05, 0.1) is 27.8 Å². The Morgan fingerprint density at radius 1 is 0.812 bits per heavy atom. The van der Waals surface area contributed by atoms with Crippen LogP contribution >= 0.6 is 0 Å². The van der Waals surface area contributed by atoms with Gasteiger partial charge in [-0.2, -0.15) is 0 Å². The fraction of sp³-hybridized carbons (Fsp3) is 0.200. The van der Waals surface area contributed by atoms with E-state index in [0.717, 1.165) is 0 Å². The monoisotopic (exact) mass is 435 g/mol. The average Bonchev–Trinajstić information content (AvgIpc) is 2.83. The second-order valence-corrected chi connectivity index (χ2v) is 6.86. The molecule has 0 aromatic heterocycles. The summed E-state index contributed by atoms with van der Waals surface area (Å²) in [6.45, 7) is 0. The van der Waals surface area contributed by atoms with E-state index in [4.69, 9.17) is 18.9 Å². The van der Waals surface area contributed by atoms with E-state index in [1.54, 1.807) is 73.8 Å². The van der Waals surface area contributed by atoms with Crippen LogP contribution in [-0.4, -0.2) is 33.2 Å². The van der Waals surface area contributed by atoms with Gasteiger partial charge in [-0.3, -0.25) is 9.59 Å². The fourth-order valence-corrected chi connectivity index (χ4v) is 3.11. The summed E-state index contributed by atoms with van der Waals surface area (Å²) in [5.41, 5.74) is 1.81. The first kappa shape index (κ1) is 22.7. The predicted molar refractivity (Wildman–Crippen MR) is 120 cm³/mol. The maximum Gasteiger partial charge on any atom is 0.311 e. The zero-order valence-electron chi connectivity index (χ0n) is 18.2. The summed E-state index contributed by atoms with van der Waals surface area (Å²) in [4.78, 5) is 25.7. The third kappa shape index (κ3) is 5.78. The van der Waals surface area contributed by atoms with E-state index in [-0.39, 0.29) is 6.42 Å². The highest BCUT2D eigenvalue weighted by atomic mass is 16.5. The van der Waals surface area contributed by atoms with Gasteiger partial charge < -0.3 is 24.3 Å². The molecule has 3 aromatic carbocycles. The van der Waals surface area contributed by atoms with Crippen molar-refractivity contribution in [2.45, 2.75) is 12.5 Å². The largest absolute Gasteiger partial charge is 0.497 e. The van der Waals surface area contributed by atoms with Crippen LogP contribution in [-0.2, 0) is 20.7 Å². The van der Waals surface area contributed by atoms with Crippen molar-refractivity contribution in [1.82, 2.24) is 0 Å². The van der Waals surface area contributed by atoms with Crippen molar-refractivity contribution in [3.05, 3.63) is 83.9 Å². The Kier molecular flexibility index (Phi) is 7.70. The van der Waals surface area contributed by atoms with Gasteiger partial charge in [-0.15, -0.1) is 0 Å². The number of hydrogen-bond donors (Lipinski definition) is 1. The molecule has 7 heteroatoms. The van der Waals surface area contributed by atoms with Crippen molar-refractivity contribution in [3.8, 4) is 17.2 Å². The van der Waals surface area contributed by atoms with E-state index >= 15 is 0 Å². The lowest BCUT2D eigenvalue weighted by molar-refractivity contribution is -0.154. The number of nitrogens with one attached hydrogen (secondary N) is 1. The Morgan fingerprint density at radius 2 is 1.50 bits per heavy atom. The number of ether oxygens (including phenoxy) is 4. The molecule has 0 aliphatic carbocycles. The minimum Gasteiger partial charge on any atom is -0.497 e. The summed E-state index contributed by atoms with van der Waals surface area (Å²) in [5.74, 6) is 0.738. The van der Waals surface area contributed by atoms with Gasteiger partial charge in [0.2, 0.25) is 6.10 Å². The second-order valence-electron chi connectivity index (χ2n) is 6.86. The van der Waals surface area contributed by atoms with Crippen LogP contribution in [0.5, 0.6) is 17.2 Å². The smallest absolute Gasteiger partial charge is 0.311 e. The molecule has 0 spiro atoms. The van der Waals surface area contributed by atoms with Gasteiger partial charge >= 0.3 is 5.97 Å². The van der Waals surface area contributed by atoms with Gasteiger partial charge in [0.1, 0.15) is 5.75 Å². The van der Waals surface area contributed by atoms with Crippen LogP contribution in [0, 0.1) is 0 Å². The first-order chi connectivity index (χ1) is 15.5. The average molecular weight is 435 g/mol. The van der Waals surface area contributed by atoms with Crippen molar-refractivity contribution in [1.29, 1.82) is 0 Å². The molecule has 0 saturated carbocycles. The highest BCUT2D eigenvalue weighted by molar-refractivity contribution is 5.96. The van der Waals surface area contributed by atoms with E-state index in [1.807, 2.05) is 6.07 Å². The van der Waals surface area contributed by atoms with Crippen molar-refractivity contribution in [2.24, 2.45) is 0 Å². The minimum atomic E-state index is -1.11. The topological polar surface area (TPSA) is 83.1 Å². The van der Waals surface area contributed by atoms with Crippen LogP contribution in [0.4, 0.5) is 5.69 Å². The Bertz CT molecular complexity index is 1050. The molecule has 3 aromatic rings. The number of methoxy groups -OCH3 is 3. The summed E-state index contributed by atoms with van der Waals surface area (Å²) >= 11 is 0. The molecule has 0 radical (unpaired) electrons. The number of amides is 1. The Balaban J connectivity index is 1.75. The standard InChI is InChI=1S/C25H25NO6/c1-29-20-12-10-19(11-13-20)26-25(28)24(18-7-5-4-6-8-18)32-23(27)16-17-9-14-21(30-2)22(15-17)31-3/h4-15,24H,16H2,1-3H3,(H,26,28). The molecule has 1 amide bonds. The van der Waals surface area contributed by atoms with Crippen LogP contribution in [0.25, 0.3) is 0 Å². The Labute approximate surface area is 186 Å². The number of carbonyl (C=O) groups is 2. The third-order valence-electron chi connectivity index (χ3n) is 4.74. The van der Waals surface area contributed by atoms with Gasteiger partial charge in [-0.1, -0.05) is 36.4 Å². The molecule has 1 unspecified atom stereocenters. The van der Waals surface area contributed by atoms with Crippen LogP contribution in [0.2, 0.25) is 0 Å². The molecule has 0 heterocycles. The summed E-state index contributed by atoms with van der Waals surface area (Å²) in [5, 5.41) is 2.79. The van der Waals surface area contributed by atoms with Gasteiger partial charge in [0, 0.05) is 11.3 Å². The first-order valence-corrected chi connectivity index (χ1v) is 9.94. The molecule has 166 valence electrons. The lowest BCUT2D eigenvalue weighted by Crippen LogP contribution is -2.26. The number of benzene rings is 3. The fourth-order valence-electron chi connectivity index (χ4n) is 3.11. The number of hydrogen-bond acceptors (Lipinski definition) is 6. The maximum absolute atomic E-state index is 13.0. The molecule has 0 aliphatic rings. The molecule has 1 atom stereocenters. The summed E-state index contributed by atoms with van der Waals surface area (Å²) in [6, 6.07) is 20.9. The number of esters is 1. The van der Waals surface area contributed by atoms with E-state index in [9.17, 15) is 9.59 Å². The number of carbonyl (C=O) groups excluding carboxylic acids is 2. The molecular formula is C25H25NO6. The third-order valence-corrected chi connectivity index (χ3v) is 4.74. The van der Waals surface area contributed by atoms with Crippen molar-refractivity contribution < 1.29 is 28.5 Å². The van der Waals surface area contributed by atoms with Gasteiger partial charge in [-0.05, 0) is 42.0 Å². The molecule has 7 nitrogen and oxygen atoms in total. The van der Waals surface area contributed by atoms with Crippen molar-refractivity contribution in [3.63, 3.8) is 0 Å². The van der Waals surface area contributed by atoms with Crippen molar-refractivity contribution >= 4 is 17.6 Å². The molecule has 1 N–H and O–H groups in total. The minimum absolute atomic E-state index is 0.0283. The molecule has 0 aliphatic heterocycles. The van der Waals surface area contributed by atoms with E-state index in [2.05, 4.69) is 5.32 Å². The Hall–Kier alpha value is -4.00. The zero-order chi connectivity index (χ0) is 22.9. The number of anilines is 1. The summed E-state index contributed by atoms with van der Waals surface area (Å²) < 4.78 is 21.2. The quantitative estimate of drug-likeness (QED) is 0.508. The highest BCUT2D eigenvalue weighted by Crippen LogP contribution is 2.28. The lowest BCUT2D eigenvalue weighted by Gasteiger charge is -2.18. The maximum atomic E-state index is 13.0. The van der Waals surface area contributed by atoms with E-state index < -0.39 is 18.0 Å². The second kappa shape index (κ2) is 10.9. The van der Waals surface area contributed by atoms with Gasteiger partial charge in [-0.25, -0.2) is 0 Å². The zero-order valence-corrected chi connectivity index (χ0v) is 18.2. The lowest BCUT2D eigenvalue weighted by atomic mass is 10.1. The molecule has 0 saturated heterocycles. The van der Waals surface area contributed by atoms with Crippen LogP contribution in [0.3, 0.4) is 0 Å². The van der Waals surface area contributed by atoms with Crippen LogP contribution in [0.15, 0.2) is 72.8 Å². The van der Waals surface area contributed by atoms with Gasteiger partial charge in [0.25, 0.3) is 5.91 Å². The molecule has 0 bridgehead atoms. The van der Waals surface area contributed by atoms with Crippen LogP contribution < -0.4 is 19.5 Å². The van der Waals surface area contributed by atoms with Crippen molar-refractivity contribution in [2.75, 3.05) is 26.6 Å². The van der Waals surface area contributed by atoms with E-state index in [0.29, 0.717) is 34.1 Å². The predicted octanol–water partition coefficient (Wildman–Crippen LogP) is 4.18. The normalized spacial score (nSPS) is 11.2. The SMILES string of the molecule is COc1ccc(NC(=O)C(OC(=O)Cc2ccc(OC)c(OC)c2)c2ccccc2)cc1. The molecular weight excluding hydrogens is 410 g/mol. The van der Waals surface area contributed by atoms with Gasteiger partial charge in [0.15, 0.2) is 11.5 Å². The molecule has 0 fully saturated rings. The first-order valence-electron chi connectivity index (χ1n) is 9.94. The summed E-state index contributed by atoms with van der Waals surface area (Å²) in [6.07, 6.45) is -1.13. The number of rotatable bonds is 9. The van der Waals surface area contributed by atoms with Crippen LogP contribution in [0.1, 0.15) is 17.2 Å². The highest BCUT2D eigenvalue weighted by Gasteiger charge is 2.25. The Morgan fingerprint density at radius 3 is 2.12 bits per heavy atom. The molecule has 3 rings (SSSR count). The van der Waals surface area contributed by atoms with E-state index in [1.165, 1.54) is 14.2 Å².